The first kappa shape index (κ1) is 12.5. The number of hydrogen-bond acceptors (Lipinski definition) is 4. The Labute approximate surface area is 93.5 Å². The maximum atomic E-state index is 11.0. The highest BCUT2D eigenvalue weighted by molar-refractivity contribution is 5.77. The van der Waals surface area contributed by atoms with Gasteiger partial charge in [0.2, 0.25) is 0 Å². The van der Waals surface area contributed by atoms with E-state index in [4.69, 9.17) is 20.7 Å². The molecule has 0 aromatic heterocycles. The number of aliphatic carboxylic acids is 1. The molecular formula is C11H15NO4. The van der Waals surface area contributed by atoms with Crippen LogP contribution < -0.4 is 10.5 Å². The van der Waals surface area contributed by atoms with Crippen LogP contribution in [0.5, 0.6) is 5.75 Å². The van der Waals surface area contributed by atoms with Gasteiger partial charge in [-0.05, 0) is 0 Å². The Morgan fingerprint density at radius 1 is 1.56 bits per heavy atom. The van der Waals surface area contributed by atoms with Crippen molar-refractivity contribution in [3.05, 3.63) is 29.3 Å². The Kier molecular flexibility index (Phi) is 4.28. The molecule has 5 heteroatoms. The zero-order chi connectivity index (χ0) is 12.1. The van der Waals surface area contributed by atoms with Gasteiger partial charge in [0.15, 0.2) is 0 Å². The molecule has 0 fully saturated rings. The number of carboxylic acids is 1. The molecule has 4 N–H and O–H groups in total. The average molecular weight is 225 g/mol. The Morgan fingerprint density at radius 2 is 2.25 bits per heavy atom. The lowest BCUT2D eigenvalue weighted by atomic mass is 9.96. The standard InChI is InChI=1S/C11H15NO4/c1-16-10-7(6-13)3-2-4-8(10)9(5-12)11(14)15/h2-4,9,13H,5-6,12H2,1H3,(H,14,15). The highest BCUT2D eigenvalue weighted by Gasteiger charge is 2.23. The number of benzene rings is 1. The second-order valence-electron chi connectivity index (χ2n) is 3.32. The van der Waals surface area contributed by atoms with Crippen LogP contribution >= 0.6 is 0 Å². The lowest BCUT2D eigenvalue weighted by Gasteiger charge is -2.16. The van der Waals surface area contributed by atoms with Crippen molar-refractivity contribution in [3.8, 4) is 5.75 Å². The van der Waals surface area contributed by atoms with Gasteiger partial charge in [0, 0.05) is 17.7 Å². The SMILES string of the molecule is COc1c(CO)cccc1C(CN)C(=O)O. The van der Waals surface area contributed by atoms with E-state index >= 15 is 0 Å². The van der Waals surface area contributed by atoms with Crippen molar-refractivity contribution in [2.75, 3.05) is 13.7 Å². The van der Waals surface area contributed by atoms with Crippen LogP contribution in [0.25, 0.3) is 0 Å². The average Bonchev–Trinajstić information content (AvgIpc) is 2.29. The summed E-state index contributed by atoms with van der Waals surface area (Å²) in [5.41, 5.74) is 6.47. The predicted octanol–water partition coefficient (Wildman–Crippen LogP) is 0.314. The van der Waals surface area contributed by atoms with Crippen LogP contribution in [0, 0.1) is 0 Å². The second kappa shape index (κ2) is 5.48. The van der Waals surface area contributed by atoms with Crippen molar-refractivity contribution in [1.82, 2.24) is 0 Å². The van der Waals surface area contributed by atoms with Gasteiger partial charge in [0.1, 0.15) is 5.75 Å². The van der Waals surface area contributed by atoms with E-state index in [0.717, 1.165) is 0 Å². The van der Waals surface area contributed by atoms with Gasteiger partial charge in [-0.1, -0.05) is 18.2 Å². The van der Waals surface area contributed by atoms with E-state index in [1.807, 2.05) is 0 Å². The van der Waals surface area contributed by atoms with E-state index in [1.54, 1.807) is 18.2 Å². The maximum Gasteiger partial charge on any atom is 0.312 e. The zero-order valence-electron chi connectivity index (χ0n) is 9.01. The van der Waals surface area contributed by atoms with Crippen LogP contribution in [-0.4, -0.2) is 29.8 Å². The number of para-hydroxylation sites is 1. The van der Waals surface area contributed by atoms with Crippen LogP contribution in [0.4, 0.5) is 0 Å². The minimum absolute atomic E-state index is 0.0133. The second-order valence-corrected chi connectivity index (χ2v) is 3.32. The van der Waals surface area contributed by atoms with Crippen molar-refractivity contribution < 1.29 is 19.7 Å². The van der Waals surface area contributed by atoms with Gasteiger partial charge in [-0.15, -0.1) is 0 Å². The first-order chi connectivity index (χ1) is 7.65. The molecule has 0 saturated heterocycles. The molecule has 0 aliphatic rings. The van der Waals surface area contributed by atoms with Gasteiger partial charge in [-0.3, -0.25) is 4.79 Å². The Morgan fingerprint density at radius 3 is 2.69 bits per heavy atom. The lowest BCUT2D eigenvalue weighted by molar-refractivity contribution is -0.138. The number of carboxylic acid groups (broad SMARTS) is 1. The van der Waals surface area contributed by atoms with E-state index in [0.29, 0.717) is 16.9 Å². The number of nitrogens with two attached hydrogens (primary N) is 1. The summed E-state index contributed by atoms with van der Waals surface area (Å²) >= 11 is 0. The van der Waals surface area contributed by atoms with Gasteiger partial charge in [-0.25, -0.2) is 0 Å². The number of rotatable bonds is 5. The number of aliphatic hydroxyl groups excluding tert-OH is 1. The Balaban J connectivity index is 3.25. The molecule has 5 nitrogen and oxygen atoms in total. The molecule has 0 saturated carbocycles. The minimum Gasteiger partial charge on any atom is -0.496 e. The number of aliphatic hydroxyl groups is 1. The van der Waals surface area contributed by atoms with Gasteiger partial charge in [0.25, 0.3) is 0 Å². The molecule has 0 spiro atoms. The van der Waals surface area contributed by atoms with Gasteiger partial charge in [0.05, 0.1) is 19.6 Å². The number of methoxy groups -OCH3 is 1. The molecule has 1 aromatic carbocycles. The van der Waals surface area contributed by atoms with Crippen LogP contribution in [0.2, 0.25) is 0 Å². The smallest absolute Gasteiger partial charge is 0.312 e. The third-order valence-corrected chi connectivity index (χ3v) is 2.41. The molecule has 0 heterocycles. The molecule has 1 atom stereocenters. The summed E-state index contributed by atoms with van der Waals surface area (Å²) in [6.45, 7) is -0.214. The fourth-order valence-electron chi connectivity index (χ4n) is 1.61. The number of hydrogen-bond donors (Lipinski definition) is 3. The summed E-state index contributed by atoms with van der Waals surface area (Å²) in [7, 11) is 1.44. The van der Waals surface area contributed by atoms with E-state index in [1.165, 1.54) is 7.11 Å². The molecule has 88 valence electrons. The molecule has 1 aromatic rings. The van der Waals surface area contributed by atoms with E-state index in [-0.39, 0.29) is 13.2 Å². The van der Waals surface area contributed by atoms with Crippen LogP contribution in [0.1, 0.15) is 17.0 Å². The summed E-state index contributed by atoms with van der Waals surface area (Å²) in [5.74, 6) is -1.43. The molecule has 0 radical (unpaired) electrons. The number of ether oxygens (including phenoxy) is 1. The molecule has 0 aliphatic carbocycles. The first-order valence-electron chi connectivity index (χ1n) is 4.85. The molecule has 16 heavy (non-hydrogen) atoms. The van der Waals surface area contributed by atoms with Crippen molar-refractivity contribution in [1.29, 1.82) is 0 Å². The van der Waals surface area contributed by atoms with Crippen molar-refractivity contribution in [3.63, 3.8) is 0 Å². The fourth-order valence-corrected chi connectivity index (χ4v) is 1.61. The third kappa shape index (κ3) is 2.32. The van der Waals surface area contributed by atoms with Crippen molar-refractivity contribution in [2.45, 2.75) is 12.5 Å². The van der Waals surface area contributed by atoms with Gasteiger partial charge < -0.3 is 20.7 Å². The summed E-state index contributed by atoms with van der Waals surface area (Å²) in [5, 5.41) is 18.1. The Bertz CT molecular complexity index is 378. The molecule has 1 rings (SSSR count). The molecule has 0 bridgehead atoms. The zero-order valence-corrected chi connectivity index (χ0v) is 9.01. The van der Waals surface area contributed by atoms with E-state index in [2.05, 4.69) is 0 Å². The monoisotopic (exact) mass is 225 g/mol. The molecule has 0 amide bonds. The van der Waals surface area contributed by atoms with Crippen molar-refractivity contribution >= 4 is 5.97 Å². The summed E-state index contributed by atoms with van der Waals surface area (Å²) in [4.78, 5) is 11.0. The Hall–Kier alpha value is -1.59. The van der Waals surface area contributed by atoms with Gasteiger partial charge in [-0.2, -0.15) is 0 Å². The summed E-state index contributed by atoms with van der Waals surface area (Å²) in [6.07, 6.45) is 0. The first-order valence-corrected chi connectivity index (χ1v) is 4.85. The van der Waals surface area contributed by atoms with Crippen molar-refractivity contribution in [2.24, 2.45) is 5.73 Å². The third-order valence-electron chi connectivity index (χ3n) is 2.41. The van der Waals surface area contributed by atoms with E-state index < -0.39 is 11.9 Å². The van der Waals surface area contributed by atoms with Gasteiger partial charge >= 0.3 is 5.97 Å². The van der Waals surface area contributed by atoms with Crippen LogP contribution in [0.15, 0.2) is 18.2 Å². The lowest BCUT2D eigenvalue weighted by Crippen LogP contribution is -2.22. The van der Waals surface area contributed by atoms with Crippen LogP contribution in [-0.2, 0) is 11.4 Å². The normalized spacial score (nSPS) is 12.2. The minimum atomic E-state index is -1.00. The quantitative estimate of drug-likeness (QED) is 0.670. The predicted molar refractivity (Wildman–Crippen MR) is 58.3 cm³/mol. The largest absolute Gasteiger partial charge is 0.496 e. The molecular weight excluding hydrogens is 210 g/mol. The highest BCUT2D eigenvalue weighted by Crippen LogP contribution is 2.30. The summed E-state index contributed by atoms with van der Waals surface area (Å²) < 4.78 is 5.12. The maximum absolute atomic E-state index is 11.0. The fraction of sp³-hybridized carbons (Fsp3) is 0.364. The van der Waals surface area contributed by atoms with E-state index in [9.17, 15) is 4.79 Å². The van der Waals surface area contributed by atoms with Crippen LogP contribution in [0.3, 0.4) is 0 Å². The molecule has 1 unspecified atom stereocenters. The number of carbonyl (C=O) groups is 1. The molecule has 0 aliphatic heterocycles. The topological polar surface area (TPSA) is 92.8 Å². The summed E-state index contributed by atoms with van der Waals surface area (Å²) in [6, 6.07) is 5.00. The highest BCUT2D eigenvalue weighted by atomic mass is 16.5.